The van der Waals surface area contributed by atoms with Crippen LogP contribution in [-0.2, 0) is 6.54 Å². The van der Waals surface area contributed by atoms with Crippen molar-refractivity contribution in [2.75, 3.05) is 46.7 Å². The quantitative estimate of drug-likeness (QED) is 0.773. The Kier molecular flexibility index (Phi) is 6.60. The van der Waals surface area contributed by atoms with E-state index < -0.39 is 0 Å². The van der Waals surface area contributed by atoms with Crippen LogP contribution in [0.4, 0.5) is 0 Å². The largest absolute Gasteiger partial charge is 0.493 e. The monoisotopic (exact) mass is 390 g/mol. The first-order chi connectivity index (χ1) is 13.8. The second-order valence-corrected chi connectivity index (χ2v) is 8.43. The van der Waals surface area contributed by atoms with Gasteiger partial charge >= 0.3 is 0 Å². The highest BCUT2D eigenvalue weighted by molar-refractivity contribution is 5.55. The van der Waals surface area contributed by atoms with Crippen molar-refractivity contribution in [3.05, 3.63) is 17.7 Å². The number of piperazine rings is 1. The molecule has 2 aliphatic heterocycles. The molecule has 3 aliphatic rings. The Morgan fingerprint density at radius 1 is 1.14 bits per heavy atom. The number of methoxy groups -OCH3 is 1. The fourth-order valence-corrected chi connectivity index (χ4v) is 5.00. The first-order valence-electron chi connectivity index (χ1n) is 10.8. The molecule has 0 spiro atoms. The van der Waals surface area contributed by atoms with Crippen LogP contribution in [0.1, 0.15) is 44.1 Å². The number of rotatable bonds is 7. The minimum absolute atomic E-state index is 0.258. The molecule has 0 amide bonds. The first-order valence-corrected chi connectivity index (χ1v) is 10.8. The van der Waals surface area contributed by atoms with E-state index in [1.165, 1.54) is 44.2 Å². The molecule has 0 bridgehead atoms. The van der Waals surface area contributed by atoms with Gasteiger partial charge in [-0.25, -0.2) is 0 Å². The Morgan fingerprint density at radius 3 is 2.79 bits per heavy atom. The van der Waals surface area contributed by atoms with E-state index in [2.05, 4.69) is 21.9 Å². The molecule has 1 aromatic rings. The van der Waals surface area contributed by atoms with Gasteiger partial charge in [-0.3, -0.25) is 9.80 Å². The van der Waals surface area contributed by atoms with Gasteiger partial charge in [-0.05, 0) is 42.9 Å². The van der Waals surface area contributed by atoms with Crippen molar-refractivity contribution < 1.29 is 19.3 Å². The fraction of sp³-hybridized carbons (Fsp3) is 0.727. The van der Waals surface area contributed by atoms with E-state index in [9.17, 15) is 5.11 Å². The minimum Gasteiger partial charge on any atom is -0.493 e. The second kappa shape index (κ2) is 9.33. The maximum absolute atomic E-state index is 9.60. The van der Waals surface area contributed by atoms with Crippen molar-refractivity contribution in [1.29, 1.82) is 0 Å². The van der Waals surface area contributed by atoms with Gasteiger partial charge in [-0.2, -0.15) is 0 Å². The van der Waals surface area contributed by atoms with Crippen LogP contribution in [0.5, 0.6) is 17.2 Å². The standard InChI is InChI=1S/C22H34N2O4/c1-26-20-11-18(12-21-22(20)28-16-27-21)13-23-8-9-24(19(15-23)7-10-25)14-17-5-3-2-4-6-17/h11-12,17,19,25H,2-10,13-16H2,1H3. The molecule has 6 nitrogen and oxygen atoms in total. The molecular formula is C22H34N2O4. The third-order valence-electron chi connectivity index (χ3n) is 6.49. The van der Waals surface area contributed by atoms with Crippen molar-refractivity contribution in [2.45, 2.75) is 51.1 Å². The summed E-state index contributed by atoms with van der Waals surface area (Å²) in [4.78, 5) is 5.14. The van der Waals surface area contributed by atoms with Crippen LogP contribution in [0.25, 0.3) is 0 Å². The lowest BCUT2D eigenvalue weighted by Crippen LogP contribution is -2.54. The van der Waals surface area contributed by atoms with Crippen LogP contribution < -0.4 is 14.2 Å². The molecule has 2 fully saturated rings. The number of fused-ring (bicyclic) bond motifs is 1. The van der Waals surface area contributed by atoms with E-state index in [1.807, 2.05) is 0 Å². The van der Waals surface area contributed by atoms with Gasteiger partial charge in [0, 0.05) is 45.4 Å². The summed E-state index contributed by atoms with van der Waals surface area (Å²) in [6.45, 7) is 5.74. The number of ether oxygens (including phenoxy) is 3. The van der Waals surface area contributed by atoms with E-state index in [0.29, 0.717) is 11.8 Å². The molecule has 1 saturated heterocycles. The van der Waals surface area contributed by atoms with Gasteiger partial charge in [0.05, 0.1) is 7.11 Å². The Hall–Kier alpha value is -1.50. The Balaban J connectivity index is 1.38. The fourth-order valence-electron chi connectivity index (χ4n) is 5.00. The molecule has 1 saturated carbocycles. The molecule has 2 heterocycles. The average molecular weight is 391 g/mol. The van der Waals surface area contributed by atoms with Crippen molar-refractivity contribution in [1.82, 2.24) is 9.80 Å². The van der Waals surface area contributed by atoms with E-state index in [0.717, 1.165) is 50.0 Å². The van der Waals surface area contributed by atoms with Crippen LogP contribution in [0.15, 0.2) is 12.1 Å². The zero-order valence-electron chi connectivity index (χ0n) is 17.1. The summed E-state index contributed by atoms with van der Waals surface area (Å²) < 4.78 is 16.6. The molecule has 0 radical (unpaired) electrons. The van der Waals surface area contributed by atoms with Crippen LogP contribution in [0, 0.1) is 5.92 Å². The number of hydrogen-bond acceptors (Lipinski definition) is 6. The summed E-state index contributed by atoms with van der Waals surface area (Å²) in [6, 6.07) is 4.57. The smallest absolute Gasteiger partial charge is 0.231 e. The topological polar surface area (TPSA) is 54.4 Å². The summed E-state index contributed by atoms with van der Waals surface area (Å²) >= 11 is 0. The molecule has 1 unspecified atom stereocenters. The predicted octanol–water partition coefficient (Wildman–Crippen LogP) is 2.87. The van der Waals surface area contributed by atoms with Gasteiger partial charge < -0.3 is 19.3 Å². The molecule has 1 aliphatic carbocycles. The number of hydrogen-bond donors (Lipinski definition) is 1. The van der Waals surface area contributed by atoms with Gasteiger partial charge in [0.25, 0.3) is 0 Å². The third-order valence-corrected chi connectivity index (χ3v) is 6.49. The molecule has 156 valence electrons. The number of aliphatic hydroxyl groups excluding tert-OH is 1. The molecule has 0 aromatic heterocycles. The maximum atomic E-state index is 9.60. The van der Waals surface area contributed by atoms with Crippen molar-refractivity contribution in [2.24, 2.45) is 5.92 Å². The highest BCUT2D eigenvalue weighted by Gasteiger charge is 2.29. The van der Waals surface area contributed by atoms with E-state index in [-0.39, 0.29) is 13.4 Å². The predicted molar refractivity (Wildman–Crippen MR) is 108 cm³/mol. The van der Waals surface area contributed by atoms with Crippen molar-refractivity contribution in [3.8, 4) is 17.2 Å². The van der Waals surface area contributed by atoms with Crippen molar-refractivity contribution >= 4 is 0 Å². The highest BCUT2D eigenvalue weighted by Crippen LogP contribution is 2.42. The van der Waals surface area contributed by atoms with Gasteiger partial charge in [-0.1, -0.05) is 19.3 Å². The lowest BCUT2D eigenvalue weighted by molar-refractivity contribution is 0.0400. The number of nitrogens with zero attached hydrogens (tertiary/aromatic N) is 2. The second-order valence-electron chi connectivity index (χ2n) is 8.43. The third kappa shape index (κ3) is 4.56. The lowest BCUT2D eigenvalue weighted by atomic mass is 9.88. The molecule has 1 atom stereocenters. The number of aliphatic hydroxyl groups is 1. The van der Waals surface area contributed by atoms with Gasteiger partial charge in [0.1, 0.15) is 0 Å². The SMILES string of the molecule is COc1cc(CN2CCN(CC3CCCCC3)C(CCO)C2)cc2c1OCO2. The zero-order valence-corrected chi connectivity index (χ0v) is 17.1. The van der Waals surface area contributed by atoms with Crippen LogP contribution in [-0.4, -0.2) is 67.6 Å². The summed E-state index contributed by atoms with van der Waals surface area (Å²) in [5.41, 5.74) is 1.18. The first kappa shape index (κ1) is 19.8. The van der Waals surface area contributed by atoms with Crippen molar-refractivity contribution in [3.63, 3.8) is 0 Å². The highest BCUT2D eigenvalue weighted by atomic mass is 16.7. The van der Waals surface area contributed by atoms with Crippen LogP contribution >= 0.6 is 0 Å². The molecule has 6 heteroatoms. The van der Waals surface area contributed by atoms with Gasteiger partial charge in [0.2, 0.25) is 12.5 Å². The number of benzene rings is 1. The molecule has 1 aromatic carbocycles. The Labute approximate surface area is 168 Å². The Bertz CT molecular complexity index is 648. The summed E-state index contributed by atoms with van der Waals surface area (Å²) in [6.07, 6.45) is 7.80. The summed E-state index contributed by atoms with van der Waals surface area (Å²) in [7, 11) is 1.67. The molecular weight excluding hydrogens is 356 g/mol. The minimum atomic E-state index is 0.258. The average Bonchev–Trinajstić information content (AvgIpc) is 3.19. The lowest BCUT2D eigenvalue weighted by Gasteiger charge is -2.43. The Morgan fingerprint density at radius 2 is 2.00 bits per heavy atom. The van der Waals surface area contributed by atoms with Crippen LogP contribution in [0.3, 0.4) is 0 Å². The molecule has 1 N–H and O–H groups in total. The zero-order chi connectivity index (χ0) is 19.3. The normalized spacial score (nSPS) is 23.9. The molecule has 4 rings (SSSR count). The summed E-state index contributed by atoms with van der Waals surface area (Å²) in [5, 5.41) is 9.60. The summed E-state index contributed by atoms with van der Waals surface area (Å²) in [5.74, 6) is 3.08. The van der Waals surface area contributed by atoms with Crippen LogP contribution in [0.2, 0.25) is 0 Å². The van der Waals surface area contributed by atoms with Gasteiger partial charge in [0.15, 0.2) is 11.5 Å². The van der Waals surface area contributed by atoms with Gasteiger partial charge in [-0.15, -0.1) is 0 Å². The van der Waals surface area contributed by atoms with E-state index in [1.54, 1.807) is 7.11 Å². The maximum Gasteiger partial charge on any atom is 0.231 e. The van der Waals surface area contributed by atoms with E-state index >= 15 is 0 Å². The molecule has 28 heavy (non-hydrogen) atoms. The van der Waals surface area contributed by atoms with E-state index in [4.69, 9.17) is 14.2 Å².